The minimum Gasteiger partial charge on any atom is -0.293 e. The second-order valence-electron chi connectivity index (χ2n) is 2.99. The summed E-state index contributed by atoms with van der Waals surface area (Å²) in [6.45, 7) is 0. The number of benzene rings is 1. The van der Waals surface area contributed by atoms with Gasteiger partial charge in [0.25, 0.3) is 0 Å². The largest absolute Gasteiger partial charge is 0.293 e. The Hall–Kier alpha value is -0.930. The molecule has 70 valence electrons. The Kier molecular flexibility index (Phi) is 2.79. The molecule has 0 atom stereocenters. The molecule has 0 amide bonds. The van der Waals surface area contributed by atoms with Crippen molar-refractivity contribution in [3.63, 3.8) is 0 Å². The van der Waals surface area contributed by atoms with E-state index in [1.54, 1.807) is 0 Å². The zero-order chi connectivity index (χ0) is 9.97. The first-order valence-electron chi connectivity index (χ1n) is 4.26. The first kappa shape index (κ1) is 9.62. The lowest BCUT2D eigenvalue weighted by molar-refractivity contribution is -0.113. The second kappa shape index (κ2) is 4.07. The quantitative estimate of drug-likeness (QED) is 0.535. The summed E-state index contributed by atoms with van der Waals surface area (Å²) >= 11 is 6.40. The van der Waals surface area contributed by atoms with E-state index in [-0.39, 0.29) is 5.78 Å². The predicted molar refractivity (Wildman–Crippen MR) is 64.2 cm³/mol. The van der Waals surface area contributed by atoms with Gasteiger partial charge in [-0.05, 0) is 11.6 Å². The van der Waals surface area contributed by atoms with Crippen molar-refractivity contribution < 1.29 is 4.79 Å². The van der Waals surface area contributed by atoms with Crippen molar-refractivity contribution in [2.75, 3.05) is 0 Å². The average molecular weight is 220 g/mol. The van der Waals surface area contributed by atoms with Crippen LogP contribution in [0.25, 0.3) is 6.08 Å². The highest BCUT2D eigenvalue weighted by atomic mass is 32.2. The van der Waals surface area contributed by atoms with Crippen molar-refractivity contribution in [2.24, 2.45) is 0 Å². The molecule has 0 unspecified atom stereocenters. The zero-order valence-electron chi connectivity index (χ0n) is 7.40. The van der Waals surface area contributed by atoms with Crippen molar-refractivity contribution in [1.82, 2.24) is 0 Å². The van der Waals surface area contributed by atoms with E-state index in [1.165, 1.54) is 11.8 Å². The molecular formula is C11H8OS2. The third kappa shape index (κ3) is 2.11. The molecule has 1 fully saturated rings. The number of hydrogen-bond donors (Lipinski definition) is 0. The number of thioether (sulfide) groups is 1. The fourth-order valence-electron chi connectivity index (χ4n) is 1.24. The maximum atomic E-state index is 11.4. The molecule has 0 spiro atoms. The van der Waals surface area contributed by atoms with E-state index in [9.17, 15) is 4.79 Å². The average Bonchev–Trinajstić information content (AvgIpc) is 2.47. The van der Waals surface area contributed by atoms with Gasteiger partial charge in [0.15, 0.2) is 5.78 Å². The van der Waals surface area contributed by atoms with Gasteiger partial charge in [-0.2, -0.15) is 0 Å². The van der Waals surface area contributed by atoms with Crippen LogP contribution in [0.3, 0.4) is 0 Å². The van der Waals surface area contributed by atoms with Crippen LogP contribution in [0.1, 0.15) is 12.0 Å². The summed E-state index contributed by atoms with van der Waals surface area (Å²) in [5.74, 6) is 0.142. The van der Waals surface area contributed by atoms with Gasteiger partial charge in [-0.1, -0.05) is 54.3 Å². The highest BCUT2D eigenvalue weighted by molar-refractivity contribution is 8.27. The Labute approximate surface area is 92.2 Å². The van der Waals surface area contributed by atoms with Crippen molar-refractivity contribution in [3.8, 4) is 0 Å². The summed E-state index contributed by atoms with van der Waals surface area (Å²) in [7, 11) is 0. The van der Waals surface area contributed by atoms with Crippen LogP contribution in [0.2, 0.25) is 0 Å². The number of carbonyl (C=O) groups is 1. The summed E-state index contributed by atoms with van der Waals surface area (Å²) in [6.07, 6.45) is 2.31. The van der Waals surface area contributed by atoms with Crippen LogP contribution in [0.4, 0.5) is 0 Å². The molecule has 0 aliphatic carbocycles. The maximum Gasteiger partial charge on any atom is 0.175 e. The number of ketones is 1. The molecule has 1 aromatic carbocycles. The minimum atomic E-state index is 0.142. The van der Waals surface area contributed by atoms with E-state index in [0.717, 1.165) is 14.7 Å². The van der Waals surface area contributed by atoms with Crippen molar-refractivity contribution >= 4 is 40.0 Å². The van der Waals surface area contributed by atoms with Gasteiger partial charge in [0.05, 0.1) is 15.5 Å². The second-order valence-corrected chi connectivity index (χ2v) is 4.88. The first-order chi connectivity index (χ1) is 6.75. The fourth-order valence-corrected chi connectivity index (χ4v) is 2.47. The van der Waals surface area contributed by atoms with E-state index >= 15 is 0 Å². The van der Waals surface area contributed by atoms with Gasteiger partial charge in [-0.25, -0.2) is 0 Å². The minimum absolute atomic E-state index is 0.142. The molecule has 0 radical (unpaired) electrons. The molecule has 1 nitrogen and oxygen atoms in total. The van der Waals surface area contributed by atoms with Crippen LogP contribution in [0.15, 0.2) is 35.2 Å². The van der Waals surface area contributed by atoms with Crippen LogP contribution in [0, 0.1) is 0 Å². The summed E-state index contributed by atoms with van der Waals surface area (Å²) < 4.78 is 0.775. The van der Waals surface area contributed by atoms with E-state index < -0.39 is 0 Å². The Morgan fingerprint density at radius 2 is 2.00 bits per heavy atom. The highest BCUT2D eigenvalue weighted by Crippen LogP contribution is 2.31. The van der Waals surface area contributed by atoms with Gasteiger partial charge in [0.1, 0.15) is 0 Å². The molecule has 1 saturated heterocycles. The standard InChI is InChI=1S/C11H8OS2/c12-9-7-11(13)14-10(9)6-8-4-2-1-3-5-8/h1-6H,7H2. The fraction of sp³-hybridized carbons (Fsp3) is 0.0909. The summed E-state index contributed by atoms with van der Waals surface area (Å²) in [4.78, 5) is 12.2. The first-order valence-corrected chi connectivity index (χ1v) is 5.49. The molecule has 0 saturated carbocycles. The molecular weight excluding hydrogens is 212 g/mol. The molecule has 0 N–H and O–H groups in total. The lowest BCUT2D eigenvalue weighted by atomic mass is 10.2. The number of allylic oxidation sites excluding steroid dienone is 1. The van der Waals surface area contributed by atoms with Crippen molar-refractivity contribution in [3.05, 3.63) is 40.8 Å². The molecule has 0 bridgehead atoms. The Bertz CT molecular complexity index is 407. The third-order valence-corrected chi connectivity index (χ3v) is 3.23. The lowest BCUT2D eigenvalue weighted by Gasteiger charge is -1.94. The summed E-state index contributed by atoms with van der Waals surface area (Å²) in [5.41, 5.74) is 1.05. The van der Waals surface area contributed by atoms with Crippen LogP contribution in [-0.2, 0) is 4.79 Å². The smallest absolute Gasteiger partial charge is 0.175 e. The van der Waals surface area contributed by atoms with E-state index in [2.05, 4.69) is 0 Å². The lowest BCUT2D eigenvalue weighted by Crippen LogP contribution is -1.90. The van der Waals surface area contributed by atoms with Crippen LogP contribution >= 0.6 is 24.0 Å². The van der Waals surface area contributed by atoms with E-state index in [0.29, 0.717) is 6.42 Å². The normalized spacial score (nSPS) is 19.3. The van der Waals surface area contributed by atoms with E-state index in [1.807, 2.05) is 36.4 Å². The van der Waals surface area contributed by atoms with Crippen LogP contribution in [0.5, 0.6) is 0 Å². The third-order valence-electron chi connectivity index (χ3n) is 1.90. The van der Waals surface area contributed by atoms with E-state index in [4.69, 9.17) is 12.2 Å². The molecule has 1 aliphatic heterocycles. The number of thiocarbonyl (C=S) groups is 1. The summed E-state index contributed by atoms with van der Waals surface area (Å²) in [5, 5.41) is 0. The van der Waals surface area contributed by atoms with Crippen LogP contribution in [-0.4, -0.2) is 9.98 Å². The Morgan fingerprint density at radius 3 is 2.57 bits per heavy atom. The molecule has 1 aliphatic rings. The zero-order valence-corrected chi connectivity index (χ0v) is 9.03. The maximum absolute atomic E-state index is 11.4. The Balaban J connectivity index is 2.28. The summed E-state index contributed by atoms with van der Waals surface area (Å²) in [6, 6.07) is 9.81. The van der Waals surface area contributed by atoms with Gasteiger partial charge in [-0.3, -0.25) is 4.79 Å². The van der Waals surface area contributed by atoms with Gasteiger partial charge in [0, 0.05) is 0 Å². The van der Waals surface area contributed by atoms with Gasteiger partial charge >= 0.3 is 0 Å². The van der Waals surface area contributed by atoms with Gasteiger partial charge in [0.2, 0.25) is 0 Å². The van der Waals surface area contributed by atoms with Gasteiger partial charge < -0.3 is 0 Å². The predicted octanol–water partition coefficient (Wildman–Crippen LogP) is 3.06. The number of carbonyl (C=O) groups excluding carboxylic acids is 1. The molecule has 0 aromatic heterocycles. The SMILES string of the molecule is O=C1CC(=S)SC1=Cc1ccccc1. The number of hydrogen-bond acceptors (Lipinski definition) is 3. The Morgan fingerprint density at radius 1 is 1.29 bits per heavy atom. The molecule has 3 heteroatoms. The van der Waals surface area contributed by atoms with Crippen molar-refractivity contribution in [1.29, 1.82) is 0 Å². The van der Waals surface area contributed by atoms with Gasteiger partial charge in [-0.15, -0.1) is 0 Å². The molecule has 1 heterocycles. The molecule has 2 rings (SSSR count). The topological polar surface area (TPSA) is 17.1 Å². The van der Waals surface area contributed by atoms with Crippen LogP contribution < -0.4 is 0 Å². The van der Waals surface area contributed by atoms with Crippen molar-refractivity contribution in [2.45, 2.75) is 6.42 Å². The molecule has 14 heavy (non-hydrogen) atoms. The number of rotatable bonds is 1. The number of Topliss-reactive ketones (excluding diaryl/α,β-unsaturated/α-hetero) is 1. The molecule has 1 aromatic rings. The monoisotopic (exact) mass is 220 g/mol. The highest BCUT2D eigenvalue weighted by Gasteiger charge is 2.22.